The Balaban J connectivity index is 1.85. The second kappa shape index (κ2) is 5.97. The second-order valence-corrected chi connectivity index (χ2v) is 5.46. The van der Waals surface area contributed by atoms with Gasteiger partial charge in [-0.15, -0.1) is 0 Å². The van der Waals surface area contributed by atoms with Gasteiger partial charge in [-0.25, -0.2) is 4.39 Å². The lowest BCUT2D eigenvalue weighted by molar-refractivity contribution is -0.140. The standard InChI is InChI=1S/C13H23FN2O2/c1-9(2)18-12-5-7-16(8-10(12)14)13(17)11-4-3-6-15-11/h9-12,15H,3-8H2,1-2H3/t10-,11+,12+/m1/s1. The molecule has 0 aromatic heterocycles. The topological polar surface area (TPSA) is 41.6 Å². The summed E-state index contributed by atoms with van der Waals surface area (Å²) in [6.45, 7) is 5.49. The first kappa shape index (κ1) is 13.7. The summed E-state index contributed by atoms with van der Waals surface area (Å²) in [6, 6.07) is -0.0974. The number of halogens is 1. The Morgan fingerprint density at radius 1 is 1.44 bits per heavy atom. The number of carbonyl (C=O) groups is 1. The third-order valence-corrected chi connectivity index (χ3v) is 3.60. The first-order valence-electron chi connectivity index (χ1n) is 6.89. The Bertz CT molecular complexity index is 293. The summed E-state index contributed by atoms with van der Waals surface area (Å²) in [4.78, 5) is 13.8. The van der Waals surface area contributed by atoms with Gasteiger partial charge in [-0.2, -0.15) is 0 Å². The average molecular weight is 258 g/mol. The van der Waals surface area contributed by atoms with Crippen LogP contribution in [0.1, 0.15) is 33.1 Å². The first-order chi connectivity index (χ1) is 8.58. The molecule has 0 radical (unpaired) electrons. The van der Waals surface area contributed by atoms with E-state index in [0.29, 0.717) is 13.0 Å². The highest BCUT2D eigenvalue weighted by molar-refractivity contribution is 5.82. The van der Waals surface area contributed by atoms with Crippen LogP contribution in [0.5, 0.6) is 0 Å². The number of hydrogen-bond acceptors (Lipinski definition) is 3. The van der Waals surface area contributed by atoms with Crippen LogP contribution < -0.4 is 5.32 Å². The molecule has 4 nitrogen and oxygen atoms in total. The zero-order chi connectivity index (χ0) is 13.1. The fraction of sp³-hybridized carbons (Fsp3) is 0.923. The molecule has 0 aromatic carbocycles. The zero-order valence-corrected chi connectivity index (χ0v) is 11.2. The van der Waals surface area contributed by atoms with Crippen LogP contribution in [0.4, 0.5) is 4.39 Å². The Morgan fingerprint density at radius 2 is 2.22 bits per heavy atom. The lowest BCUT2D eigenvalue weighted by atomic mass is 10.0. The smallest absolute Gasteiger partial charge is 0.239 e. The molecule has 2 fully saturated rings. The summed E-state index contributed by atoms with van der Waals surface area (Å²) in [6.07, 6.45) is 1.11. The second-order valence-electron chi connectivity index (χ2n) is 5.46. The van der Waals surface area contributed by atoms with Gasteiger partial charge in [-0.05, 0) is 39.7 Å². The summed E-state index contributed by atoms with van der Waals surface area (Å²) >= 11 is 0. The Labute approximate surface area is 108 Å². The van der Waals surface area contributed by atoms with Crippen molar-refractivity contribution in [3.8, 4) is 0 Å². The van der Waals surface area contributed by atoms with E-state index in [1.165, 1.54) is 0 Å². The molecular weight excluding hydrogens is 235 g/mol. The number of nitrogens with one attached hydrogen (secondary N) is 1. The molecule has 2 aliphatic rings. The SMILES string of the molecule is CC(C)O[C@H]1CCN(C(=O)[C@@H]2CCCN2)C[C@H]1F. The number of nitrogens with zero attached hydrogens (tertiary/aromatic N) is 1. The van der Waals surface area contributed by atoms with Crippen molar-refractivity contribution in [3.63, 3.8) is 0 Å². The Hall–Kier alpha value is -0.680. The van der Waals surface area contributed by atoms with Crippen LogP contribution >= 0.6 is 0 Å². The van der Waals surface area contributed by atoms with E-state index in [2.05, 4.69) is 5.32 Å². The number of piperidine rings is 1. The molecule has 2 heterocycles. The highest BCUT2D eigenvalue weighted by atomic mass is 19.1. The number of rotatable bonds is 3. The van der Waals surface area contributed by atoms with Gasteiger partial charge in [0, 0.05) is 6.54 Å². The molecule has 2 saturated heterocycles. The van der Waals surface area contributed by atoms with Gasteiger partial charge in [-0.3, -0.25) is 4.79 Å². The normalized spacial score (nSPS) is 33.1. The molecule has 104 valence electrons. The summed E-state index contributed by atoms with van der Waals surface area (Å²) in [7, 11) is 0. The van der Waals surface area contributed by atoms with E-state index in [4.69, 9.17) is 4.74 Å². The van der Waals surface area contributed by atoms with Gasteiger partial charge < -0.3 is 15.0 Å². The number of amides is 1. The van der Waals surface area contributed by atoms with Gasteiger partial charge >= 0.3 is 0 Å². The molecule has 3 atom stereocenters. The van der Waals surface area contributed by atoms with Gasteiger partial charge in [0.05, 0.1) is 24.8 Å². The van der Waals surface area contributed by atoms with Crippen molar-refractivity contribution in [3.05, 3.63) is 0 Å². The van der Waals surface area contributed by atoms with Crippen LogP contribution in [-0.2, 0) is 9.53 Å². The van der Waals surface area contributed by atoms with Crippen LogP contribution in [-0.4, -0.2) is 54.9 Å². The summed E-state index contributed by atoms with van der Waals surface area (Å²) in [5.41, 5.74) is 0. The maximum atomic E-state index is 14.0. The van der Waals surface area contributed by atoms with Gasteiger partial charge in [0.25, 0.3) is 0 Å². The molecular formula is C13H23FN2O2. The summed E-state index contributed by atoms with van der Waals surface area (Å²) in [5, 5.41) is 3.17. The number of hydrogen-bond donors (Lipinski definition) is 1. The molecule has 5 heteroatoms. The van der Waals surface area contributed by atoms with Crippen LogP contribution in [0.2, 0.25) is 0 Å². The monoisotopic (exact) mass is 258 g/mol. The van der Waals surface area contributed by atoms with Crippen molar-refractivity contribution in [2.45, 2.75) is 57.5 Å². The molecule has 0 aliphatic carbocycles. The highest BCUT2D eigenvalue weighted by Crippen LogP contribution is 2.20. The van der Waals surface area contributed by atoms with E-state index in [1.54, 1.807) is 4.90 Å². The van der Waals surface area contributed by atoms with Crippen molar-refractivity contribution >= 4 is 5.91 Å². The third kappa shape index (κ3) is 3.20. The minimum Gasteiger partial charge on any atom is -0.372 e. The quantitative estimate of drug-likeness (QED) is 0.824. The predicted octanol–water partition coefficient (Wildman–Crippen LogP) is 1.10. The highest BCUT2D eigenvalue weighted by Gasteiger charge is 2.35. The lowest BCUT2D eigenvalue weighted by Gasteiger charge is -2.36. The molecule has 0 aromatic rings. The molecule has 2 aliphatic heterocycles. The molecule has 0 unspecified atom stereocenters. The molecule has 18 heavy (non-hydrogen) atoms. The Kier molecular flexibility index (Phi) is 4.56. The maximum absolute atomic E-state index is 14.0. The minimum atomic E-state index is -1.06. The molecule has 0 bridgehead atoms. The molecule has 1 N–H and O–H groups in total. The third-order valence-electron chi connectivity index (χ3n) is 3.60. The van der Waals surface area contributed by atoms with Crippen LogP contribution in [0.3, 0.4) is 0 Å². The number of carbonyl (C=O) groups excluding carboxylic acids is 1. The van der Waals surface area contributed by atoms with Crippen molar-refractivity contribution in [1.82, 2.24) is 10.2 Å². The molecule has 0 spiro atoms. The number of likely N-dealkylation sites (tertiary alicyclic amines) is 1. The zero-order valence-electron chi connectivity index (χ0n) is 11.2. The number of ether oxygens (including phenoxy) is 1. The molecule has 2 rings (SSSR count). The fourth-order valence-electron chi connectivity index (χ4n) is 2.70. The van der Waals surface area contributed by atoms with Gasteiger partial charge in [-0.1, -0.05) is 0 Å². The lowest BCUT2D eigenvalue weighted by Crippen LogP contribution is -2.52. The largest absolute Gasteiger partial charge is 0.372 e. The Morgan fingerprint density at radius 3 is 2.78 bits per heavy atom. The van der Waals surface area contributed by atoms with E-state index in [0.717, 1.165) is 19.4 Å². The van der Waals surface area contributed by atoms with E-state index in [-0.39, 0.29) is 30.7 Å². The van der Waals surface area contributed by atoms with Crippen LogP contribution in [0.25, 0.3) is 0 Å². The fourth-order valence-corrected chi connectivity index (χ4v) is 2.70. The molecule has 1 amide bonds. The van der Waals surface area contributed by atoms with Crippen molar-refractivity contribution < 1.29 is 13.9 Å². The predicted molar refractivity (Wildman–Crippen MR) is 67.1 cm³/mol. The molecule has 0 saturated carbocycles. The number of alkyl halides is 1. The van der Waals surface area contributed by atoms with Crippen molar-refractivity contribution in [2.75, 3.05) is 19.6 Å². The van der Waals surface area contributed by atoms with E-state index < -0.39 is 6.17 Å². The van der Waals surface area contributed by atoms with Gasteiger partial charge in [0.15, 0.2) is 0 Å². The first-order valence-corrected chi connectivity index (χ1v) is 6.89. The van der Waals surface area contributed by atoms with Crippen molar-refractivity contribution in [1.29, 1.82) is 0 Å². The minimum absolute atomic E-state index is 0.0343. The van der Waals surface area contributed by atoms with E-state index in [9.17, 15) is 9.18 Å². The average Bonchev–Trinajstić information content (AvgIpc) is 2.84. The van der Waals surface area contributed by atoms with Gasteiger partial charge in [0.2, 0.25) is 5.91 Å². The van der Waals surface area contributed by atoms with Gasteiger partial charge in [0.1, 0.15) is 6.17 Å². The van der Waals surface area contributed by atoms with Crippen LogP contribution in [0, 0.1) is 0 Å². The summed E-state index contributed by atoms with van der Waals surface area (Å²) in [5.74, 6) is 0.0538. The summed E-state index contributed by atoms with van der Waals surface area (Å²) < 4.78 is 19.5. The van der Waals surface area contributed by atoms with Crippen molar-refractivity contribution in [2.24, 2.45) is 0 Å². The van der Waals surface area contributed by atoms with E-state index >= 15 is 0 Å². The maximum Gasteiger partial charge on any atom is 0.239 e. The van der Waals surface area contributed by atoms with Crippen LogP contribution in [0.15, 0.2) is 0 Å². The van der Waals surface area contributed by atoms with E-state index in [1.807, 2.05) is 13.8 Å².